The van der Waals surface area contributed by atoms with Gasteiger partial charge in [-0.15, -0.1) is 0 Å². The van der Waals surface area contributed by atoms with E-state index >= 15 is 0 Å². The van der Waals surface area contributed by atoms with Crippen molar-refractivity contribution in [2.45, 2.75) is 13.1 Å². The van der Waals surface area contributed by atoms with Crippen molar-refractivity contribution < 1.29 is 4.39 Å². The second kappa shape index (κ2) is 5.38. The van der Waals surface area contributed by atoms with Gasteiger partial charge in [-0.2, -0.15) is 0 Å². The third kappa shape index (κ3) is 2.37. The number of benzene rings is 2. The van der Waals surface area contributed by atoms with E-state index in [4.69, 9.17) is 5.73 Å². The highest BCUT2D eigenvalue weighted by molar-refractivity contribution is 9.10. The molecule has 4 heteroatoms. The Bertz CT molecular complexity index is 764. The Kier molecular flexibility index (Phi) is 3.59. The molecular formula is C16H14BrFN2. The van der Waals surface area contributed by atoms with E-state index in [1.807, 2.05) is 24.4 Å². The molecule has 0 spiro atoms. The highest BCUT2D eigenvalue weighted by Gasteiger charge is 2.06. The van der Waals surface area contributed by atoms with Crippen molar-refractivity contribution in [3.8, 4) is 0 Å². The quantitative estimate of drug-likeness (QED) is 0.770. The smallest absolute Gasteiger partial charge is 0.137 e. The molecule has 0 aliphatic heterocycles. The first-order valence-electron chi connectivity index (χ1n) is 6.40. The van der Waals surface area contributed by atoms with Gasteiger partial charge in [0, 0.05) is 30.2 Å². The number of hydrogen-bond acceptors (Lipinski definition) is 1. The van der Waals surface area contributed by atoms with Crippen LogP contribution in [0.15, 0.2) is 53.1 Å². The number of aromatic nitrogens is 1. The average molecular weight is 333 g/mol. The average Bonchev–Trinajstić information content (AvgIpc) is 2.86. The van der Waals surface area contributed by atoms with Gasteiger partial charge in [0.15, 0.2) is 0 Å². The summed E-state index contributed by atoms with van der Waals surface area (Å²) in [4.78, 5) is 0. The molecule has 1 aromatic heterocycles. The van der Waals surface area contributed by atoms with E-state index in [1.165, 1.54) is 11.5 Å². The molecule has 2 nitrogen and oxygen atoms in total. The summed E-state index contributed by atoms with van der Waals surface area (Å²) in [5, 5.41) is 1.18. The Morgan fingerprint density at radius 3 is 2.75 bits per heavy atom. The molecule has 20 heavy (non-hydrogen) atoms. The monoisotopic (exact) mass is 332 g/mol. The molecule has 0 bridgehead atoms. The van der Waals surface area contributed by atoms with Crippen molar-refractivity contribution in [3.05, 3.63) is 70.1 Å². The second-order valence-corrected chi connectivity index (χ2v) is 5.60. The van der Waals surface area contributed by atoms with E-state index in [1.54, 1.807) is 6.07 Å². The number of fused-ring (bicyclic) bond motifs is 1. The van der Waals surface area contributed by atoms with E-state index in [0.29, 0.717) is 17.6 Å². The lowest BCUT2D eigenvalue weighted by molar-refractivity contribution is 0.619. The maximum Gasteiger partial charge on any atom is 0.137 e. The van der Waals surface area contributed by atoms with Gasteiger partial charge in [-0.3, -0.25) is 0 Å². The predicted octanol–water partition coefficient (Wildman–Crippen LogP) is 4.05. The fraction of sp³-hybridized carbons (Fsp3) is 0.125. The molecule has 102 valence electrons. The summed E-state index contributed by atoms with van der Waals surface area (Å²) in [6.07, 6.45) is 2.04. The molecule has 3 aromatic rings. The topological polar surface area (TPSA) is 30.9 Å². The van der Waals surface area contributed by atoms with E-state index in [9.17, 15) is 4.39 Å². The van der Waals surface area contributed by atoms with Gasteiger partial charge in [0.1, 0.15) is 5.82 Å². The molecule has 3 rings (SSSR count). The lowest BCUT2D eigenvalue weighted by Crippen LogP contribution is -2.00. The SMILES string of the molecule is NCc1cccc2c1ccn2Cc1ccc(F)c(Br)c1. The van der Waals surface area contributed by atoms with Crippen molar-refractivity contribution in [1.29, 1.82) is 0 Å². The first-order chi connectivity index (χ1) is 9.69. The van der Waals surface area contributed by atoms with Gasteiger partial charge in [-0.25, -0.2) is 4.39 Å². The Hall–Kier alpha value is -1.65. The third-order valence-corrected chi connectivity index (χ3v) is 4.07. The first-order valence-corrected chi connectivity index (χ1v) is 7.19. The molecule has 0 amide bonds. The molecule has 0 saturated carbocycles. The van der Waals surface area contributed by atoms with Gasteiger partial charge in [0.25, 0.3) is 0 Å². The number of nitrogens with two attached hydrogens (primary N) is 1. The van der Waals surface area contributed by atoms with Crippen LogP contribution in [0.25, 0.3) is 10.9 Å². The van der Waals surface area contributed by atoms with Crippen molar-refractivity contribution in [1.82, 2.24) is 4.57 Å². The molecule has 0 aliphatic carbocycles. The minimum absolute atomic E-state index is 0.239. The maximum atomic E-state index is 13.3. The van der Waals surface area contributed by atoms with E-state index < -0.39 is 0 Å². The van der Waals surface area contributed by atoms with Crippen LogP contribution in [0.1, 0.15) is 11.1 Å². The minimum atomic E-state index is -0.239. The zero-order valence-electron chi connectivity index (χ0n) is 10.8. The normalized spacial score (nSPS) is 11.2. The van der Waals surface area contributed by atoms with Gasteiger partial charge in [0.05, 0.1) is 4.47 Å². The van der Waals surface area contributed by atoms with Crippen LogP contribution in [-0.2, 0) is 13.1 Å². The van der Waals surface area contributed by atoms with Crippen LogP contribution in [0.4, 0.5) is 4.39 Å². The van der Waals surface area contributed by atoms with Crippen LogP contribution in [0.5, 0.6) is 0 Å². The fourth-order valence-electron chi connectivity index (χ4n) is 2.44. The summed E-state index contributed by atoms with van der Waals surface area (Å²) in [5.74, 6) is -0.239. The molecule has 0 saturated heterocycles. The first kappa shape index (κ1) is 13.3. The standard InChI is InChI=1S/C16H14BrFN2/c17-14-8-11(4-5-15(14)18)10-20-7-6-13-12(9-19)2-1-3-16(13)20/h1-8H,9-10,19H2. The number of hydrogen-bond donors (Lipinski definition) is 1. The lowest BCUT2D eigenvalue weighted by atomic mass is 10.1. The van der Waals surface area contributed by atoms with Gasteiger partial charge < -0.3 is 10.3 Å². The van der Waals surface area contributed by atoms with Gasteiger partial charge in [-0.05, 0) is 51.3 Å². The molecule has 0 aliphatic rings. The van der Waals surface area contributed by atoms with Crippen molar-refractivity contribution >= 4 is 26.8 Å². The highest BCUT2D eigenvalue weighted by Crippen LogP contribution is 2.22. The third-order valence-electron chi connectivity index (χ3n) is 3.46. The van der Waals surface area contributed by atoms with Crippen LogP contribution in [0.2, 0.25) is 0 Å². The highest BCUT2D eigenvalue weighted by atomic mass is 79.9. The largest absolute Gasteiger partial charge is 0.343 e. The van der Waals surface area contributed by atoms with Crippen LogP contribution < -0.4 is 5.73 Å². The molecule has 0 unspecified atom stereocenters. The zero-order chi connectivity index (χ0) is 14.1. The van der Waals surface area contributed by atoms with Crippen LogP contribution >= 0.6 is 15.9 Å². The lowest BCUT2D eigenvalue weighted by Gasteiger charge is -2.07. The van der Waals surface area contributed by atoms with E-state index in [-0.39, 0.29) is 5.82 Å². The predicted molar refractivity (Wildman–Crippen MR) is 83.0 cm³/mol. The molecular weight excluding hydrogens is 319 g/mol. The Labute approximate surface area is 125 Å². The Morgan fingerprint density at radius 1 is 1.15 bits per heavy atom. The summed E-state index contributed by atoms with van der Waals surface area (Å²) >= 11 is 3.22. The molecule has 0 fully saturated rings. The summed E-state index contributed by atoms with van der Waals surface area (Å²) in [7, 11) is 0. The summed E-state index contributed by atoms with van der Waals surface area (Å²) in [5.41, 5.74) is 9.09. The summed E-state index contributed by atoms with van der Waals surface area (Å²) < 4.78 is 15.9. The van der Waals surface area contributed by atoms with E-state index in [0.717, 1.165) is 16.6 Å². The fourth-order valence-corrected chi connectivity index (χ4v) is 2.86. The van der Waals surface area contributed by atoms with Crippen LogP contribution in [-0.4, -0.2) is 4.57 Å². The van der Waals surface area contributed by atoms with Crippen molar-refractivity contribution in [2.24, 2.45) is 5.73 Å². The van der Waals surface area contributed by atoms with Gasteiger partial charge >= 0.3 is 0 Å². The maximum absolute atomic E-state index is 13.3. The second-order valence-electron chi connectivity index (χ2n) is 4.75. The number of halogens is 2. The molecule has 1 heterocycles. The number of rotatable bonds is 3. The van der Waals surface area contributed by atoms with E-state index in [2.05, 4.69) is 32.6 Å². The Balaban J connectivity index is 2.00. The molecule has 2 aromatic carbocycles. The summed E-state index contributed by atoms with van der Waals surface area (Å²) in [6.45, 7) is 1.24. The van der Waals surface area contributed by atoms with Crippen molar-refractivity contribution in [2.75, 3.05) is 0 Å². The van der Waals surface area contributed by atoms with Crippen molar-refractivity contribution in [3.63, 3.8) is 0 Å². The molecule has 0 radical (unpaired) electrons. The van der Waals surface area contributed by atoms with Gasteiger partial charge in [-0.1, -0.05) is 18.2 Å². The molecule has 2 N–H and O–H groups in total. The van der Waals surface area contributed by atoms with Crippen LogP contribution in [0.3, 0.4) is 0 Å². The number of nitrogens with zero attached hydrogens (tertiary/aromatic N) is 1. The van der Waals surface area contributed by atoms with Crippen LogP contribution in [0, 0.1) is 5.82 Å². The Morgan fingerprint density at radius 2 is 2.00 bits per heavy atom. The molecule has 0 atom stereocenters. The zero-order valence-corrected chi connectivity index (χ0v) is 12.4. The minimum Gasteiger partial charge on any atom is -0.343 e. The van der Waals surface area contributed by atoms with Gasteiger partial charge in [0.2, 0.25) is 0 Å². The summed E-state index contributed by atoms with van der Waals surface area (Å²) in [6, 6.07) is 13.3.